The standard InChI is InChI=1S/C33H30N4O4/c1-5-32-6-7-36(22(32)8-20(38)26-24(32)16(2)10-34-26)28(40)30-13-31(14-30,15-30)29(41)37-12-19-18(4)33(19)23(37)9-21(39)27-25(33)17(3)11-35-27/h1,8-11,18-19,34-35H,6-7,12-15H2,2-4H3/t18-,19+,30?,31?,32+,33+/m1/s1. The van der Waals surface area contributed by atoms with E-state index in [2.05, 4.69) is 22.8 Å². The molecule has 41 heavy (non-hydrogen) atoms. The van der Waals surface area contributed by atoms with Gasteiger partial charge in [-0.1, -0.05) is 12.8 Å². The molecule has 0 radical (unpaired) electrons. The van der Waals surface area contributed by atoms with E-state index in [-0.39, 0.29) is 28.8 Å². The number of aryl methyl sites for hydroxylation is 2. The van der Waals surface area contributed by atoms with Crippen molar-refractivity contribution in [2.24, 2.45) is 22.7 Å². The van der Waals surface area contributed by atoms with Crippen molar-refractivity contribution < 1.29 is 19.2 Å². The number of hydrogen-bond donors (Lipinski definition) is 2. The van der Waals surface area contributed by atoms with E-state index in [1.54, 1.807) is 17.2 Å². The molecule has 2 bridgehead atoms. The zero-order chi connectivity index (χ0) is 28.4. The van der Waals surface area contributed by atoms with Gasteiger partial charge in [0, 0.05) is 60.0 Å². The Hall–Kier alpha value is -4.12. The number of nitrogens with zero attached hydrogens (tertiary/aromatic N) is 2. The van der Waals surface area contributed by atoms with E-state index in [0.717, 1.165) is 28.0 Å². The minimum atomic E-state index is -0.795. The molecule has 8 heteroatoms. The third kappa shape index (κ3) is 2.26. The minimum Gasteiger partial charge on any atom is -0.358 e. The second-order valence-electron chi connectivity index (χ2n) is 13.8. The Morgan fingerprint density at radius 2 is 1.46 bits per heavy atom. The predicted molar refractivity (Wildman–Crippen MR) is 147 cm³/mol. The topological polar surface area (TPSA) is 106 Å². The van der Waals surface area contributed by atoms with Gasteiger partial charge in [-0.15, -0.1) is 6.42 Å². The minimum absolute atomic E-state index is 0.0194. The van der Waals surface area contributed by atoms with E-state index in [4.69, 9.17) is 6.42 Å². The van der Waals surface area contributed by atoms with Crippen LogP contribution in [-0.2, 0) is 20.4 Å². The molecular weight excluding hydrogens is 516 g/mol. The highest BCUT2D eigenvalue weighted by Crippen LogP contribution is 2.77. The molecule has 4 atom stereocenters. The molecular formula is C33H30N4O4. The summed E-state index contributed by atoms with van der Waals surface area (Å²) in [5.41, 5.74) is 4.32. The number of rotatable bonds is 2. The van der Waals surface area contributed by atoms with Crippen molar-refractivity contribution >= 4 is 23.4 Å². The van der Waals surface area contributed by atoms with Crippen molar-refractivity contribution in [2.75, 3.05) is 13.1 Å². The van der Waals surface area contributed by atoms with E-state index < -0.39 is 16.2 Å². The van der Waals surface area contributed by atoms with Gasteiger partial charge in [0.2, 0.25) is 23.4 Å². The summed E-state index contributed by atoms with van der Waals surface area (Å²) in [6, 6.07) is 0. The number of carbonyl (C=O) groups is 4. The van der Waals surface area contributed by atoms with Gasteiger partial charge in [-0.05, 0) is 68.1 Å². The Labute approximate surface area is 237 Å². The molecule has 1 spiro atoms. The van der Waals surface area contributed by atoms with Gasteiger partial charge in [0.25, 0.3) is 0 Å². The maximum atomic E-state index is 14.1. The van der Waals surface area contributed by atoms with Crippen LogP contribution in [0.25, 0.3) is 0 Å². The molecule has 206 valence electrons. The molecule has 2 aliphatic heterocycles. The Bertz CT molecular complexity index is 1810. The molecule has 2 N–H and O–H groups in total. The van der Waals surface area contributed by atoms with Crippen LogP contribution < -0.4 is 0 Å². The number of piperidine rings is 1. The van der Waals surface area contributed by atoms with Gasteiger partial charge in [0.05, 0.1) is 22.2 Å². The van der Waals surface area contributed by atoms with Gasteiger partial charge in [0.15, 0.2) is 0 Å². The molecule has 6 fully saturated rings. The summed E-state index contributed by atoms with van der Waals surface area (Å²) in [5, 5.41) is 0. The van der Waals surface area contributed by atoms with Gasteiger partial charge < -0.3 is 19.8 Å². The number of amides is 2. The average Bonchev–Trinajstić information content (AvgIpc) is 3.44. The molecule has 0 unspecified atom stereocenters. The van der Waals surface area contributed by atoms with Gasteiger partial charge in [-0.2, -0.15) is 0 Å². The highest BCUT2D eigenvalue weighted by atomic mass is 16.2. The summed E-state index contributed by atoms with van der Waals surface area (Å²) in [5.74, 6) is 3.44. The lowest BCUT2D eigenvalue weighted by molar-refractivity contribution is -0.219. The normalized spacial score (nSPS) is 38.4. The summed E-state index contributed by atoms with van der Waals surface area (Å²) in [6.45, 7) is 7.26. The van der Waals surface area contributed by atoms with Crippen LogP contribution in [-0.4, -0.2) is 56.2 Å². The fourth-order valence-corrected chi connectivity index (χ4v) is 10.2. The number of fused-ring (bicyclic) bond motifs is 4. The van der Waals surface area contributed by atoms with Crippen molar-refractivity contribution in [1.29, 1.82) is 0 Å². The molecule has 2 amide bonds. The van der Waals surface area contributed by atoms with Crippen LogP contribution in [0.5, 0.6) is 0 Å². The zero-order valence-corrected chi connectivity index (χ0v) is 23.3. The van der Waals surface area contributed by atoms with Gasteiger partial charge in [-0.25, -0.2) is 0 Å². The Morgan fingerprint density at radius 1 is 0.902 bits per heavy atom. The summed E-state index contributed by atoms with van der Waals surface area (Å²) >= 11 is 0. The molecule has 2 saturated heterocycles. The van der Waals surface area contributed by atoms with Gasteiger partial charge >= 0.3 is 0 Å². The number of carbonyl (C=O) groups excluding carboxylic acids is 4. The average molecular weight is 547 g/mol. The largest absolute Gasteiger partial charge is 0.358 e. The third-order valence-corrected chi connectivity index (χ3v) is 12.0. The Kier molecular flexibility index (Phi) is 3.84. The number of ketones is 2. The van der Waals surface area contributed by atoms with Crippen LogP contribution in [0.3, 0.4) is 0 Å². The van der Waals surface area contributed by atoms with Crippen molar-refractivity contribution in [3.8, 4) is 12.3 Å². The van der Waals surface area contributed by atoms with E-state index in [1.165, 1.54) is 6.08 Å². The van der Waals surface area contributed by atoms with Crippen LogP contribution >= 0.6 is 0 Å². The number of aromatic amines is 2. The lowest BCUT2D eigenvalue weighted by Crippen LogP contribution is -2.72. The maximum absolute atomic E-state index is 14.1. The lowest BCUT2D eigenvalue weighted by atomic mass is 9.34. The van der Waals surface area contributed by atoms with Crippen LogP contribution in [0.1, 0.15) is 75.8 Å². The molecule has 4 heterocycles. The smallest absolute Gasteiger partial charge is 0.233 e. The van der Waals surface area contributed by atoms with Gasteiger partial charge in [0.1, 0.15) is 5.41 Å². The molecule has 10 rings (SSSR count). The van der Waals surface area contributed by atoms with Crippen molar-refractivity contribution in [1.82, 2.24) is 19.8 Å². The lowest BCUT2D eigenvalue weighted by Gasteiger charge is -2.69. The van der Waals surface area contributed by atoms with Crippen molar-refractivity contribution in [2.45, 2.75) is 57.3 Å². The molecule has 4 saturated carbocycles. The quantitative estimate of drug-likeness (QED) is 0.563. The van der Waals surface area contributed by atoms with Gasteiger partial charge in [-0.3, -0.25) is 19.2 Å². The Balaban J connectivity index is 0.982. The number of allylic oxidation sites excluding steroid dienone is 4. The van der Waals surface area contributed by atoms with E-state index in [9.17, 15) is 19.2 Å². The molecule has 6 aliphatic carbocycles. The van der Waals surface area contributed by atoms with Crippen LogP contribution in [0.15, 0.2) is 35.9 Å². The first kappa shape index (κ1) is 23.6. The summed E-state index contributed by atoms with van der Waals surface area (Å²) in [7, 11) is 0. The SMILES string of the molecule is C#C[C@]12CCN(C(=O)C34CC(C(=O)N5C[C@H]6[C@@H](C)[C@@]67C5=CC(=O)c5[nH]cc(C)c57)(C3)C4)C1=CC(=O)c1[nH]cc(C)c12. The first-order valence-electron chi connectivity index (χ1n) is 14.6. The van der Waals surface area contributed by atoms with E-state index in [1.807, 2.05) is 24.9 Å². The number of terminal acetylenes is 1. The second kappa shape index (κ2) is 6.67. The number of nitrogens with one attached hydrogen (secondary N) is 2. The molecule has 2 aromatic rings. The molecule has 2 aromatic heterocycles. The third-order valence-electron chi connectivity index (χ3n) is 12.0. The first-order valence-corrected chi connectivity index (χ1v) is 14.6. The Morgan fingerprint density at radius 3 is 2.10 bits per heavy atom. The summed E-state index contributed by atoms with van der Waals surface area (Å²) in [4.78, 5) is 64.0. The van der Waals surface area contributed by atoms with Crippen LogP contribution in [0, 0.1) is 48.9 Å². The summed E-state index contributed by atoms with van der Waals surface area (Å²) in [6.07, 6.45) is 15.1. The predicted octanol–water partition coefficient (Wildman–Crippen LogP) is 3.44. The van der Waals surface area contributed by atoms with Crippen LogP contribution in [0.2, 0.25) is 0 Å². The number of aromatic nitrogens is 2. The number of hydrogen-bond acceptors (Lipinski definition) is 4. The van der Waals surface area contributed by atoms with Crippen molar-refractivity contribution in [3.63, 3.8) is 0 Å². The highest BCUT2D eigenvalue weighted by Gasteiger charge is 2.79. The second-order valence-corrected chi connectivity index (χ2v) is 13.8. The molecule has 0 aromatic carbocycles. The highest BCUT2D eigenvalue weighted by molar-refractivity contribution is 6.10. The monoisotopic (exact) mass is 546 g/mol. The summed E-state index contributed by atoms with van der Waals surface area (Å²) < 4.78 is 0. The van der Waals surface area contributed by atoms with Crippen molar-refractivity contribution in [3.05, 3.63) is 69.6 Å². The van der Waals surface area contributed by atoms with E-state index >= 15 is 0 Å². The fraction of sp³-hybridized carbons (Fsp3) is 0.455. The maximum Gasteiger partial charge on any atom is 0.233 e. The zero-order valence-electron chi connectivity index (χ0n) is 23.3. The fourth-order valence-electron chi connectivity index (χ4n) is 10.2. The van der Waals surface area contributed by atoms with Crippen LogP contribution in [0.4, 0.5) is 0 Å². The number of likely N-dealkylation sites (tertiary alicyclic amines) is 2. The molecule has 8 aliphatic rings. The first-order chi connectivity index (χ1) is 19.5. The van der Waals surface area contributed by atoms with E-state index in [0.29, 0.717) is 67.7 Å². The number of H-pyrrole nitrogens is 2. The molecule has 8 nitrogen and oxygen atoms in total.